The topological polar surface area (TPSA) is 55.1 Å². The van der Waals surface area contributed by atoms with Gasteiger partial charge in [-0.15, -0.1) is 12.4 Å². The zero-order valence-corrected chi connectivity index (χ0v) is 12.3. The fraction of sp³-hybridized carbons (Fsp3) is 0.417. The Morgan fingerprint density at radius 2 is 2.12 bits per heavy atom. The van der Waals surface area contributed by atoms with Gasteiger partial charge in [0.05, 0.1) is 6.04 Å². The van der Waals surface area contributed by atoms with E-state index >= 15 is 0 Å². The van der Waals surface area contributed by atoms with Crippen molar-refractivity contribution in [1.82, 2.24) is 5.32 Å². The van der Waals surface area contributed by atoms with E-state index in [2.05, 4.69) is 21.2 Å². The van der Waals surface area contributed by atoms with Crippen molar-refractivity contribution in [1.29, 1.82) is 0 Å². The van der Waals surface area contributed by atoms with Gasteiger partial charge in [0.25, 0.3) is 0 Å². The number of nitrogens with two attached hydrogens (primary N) is 1. The Bertz CT molecular complexity index is 371. The molecule has 1 aromatic carbocycles. The van der Waals surface area contributed by atoms with Gasteiger partial charge in [0.15, 0.2) is 0 Å². The van der Waals surface area contributed by atoms with Crippen LogP contribution in [0, 0.1) is 5.92 Å². The minimum Gasteiger partial charge on any atom is -0.351 e. The summed E-state index contributed by atoms with van der Waals surface area (Å²) in [5.74, 6) is 0.0532. The van der Waals surface area contributed by atoms with Gasteiger partial charge >= 0.3 is 0 Å². The highest BCUT2D eigenvalue weighted by Gasteiger charge is 2.16. The van der Waals surface area contributed by atoms with Gasteiger partial charge in [-0.05, 0) is 23.6 Å². The van der Waals surface area contributed by atoms with Gasteiger partial charge in [0.1, 0.15) is 0 Å². The third kappa shape index (κ3) is 5.52. The molecule has 1 atom stereocenters. The highest BCUT2D eigenvalue weighted by Crippen LogP contribution is 2.11. The van der Waals surface area contributed by atoms with Gasteiger partial charge < -0.3 is 11.1 Å². The Hall–Kier alpha value is -0.580. The Balaban J connectivity index is 0.00000256. The Morgan fingerprint density at radius 3 is 2.65 bits per heavy atom. The highest BCUT2D eigenvalue weighted by molar-refractivity contribution is 9.10. The van der Waals surface area contributed by atoms with Crippen LogP contribution in [0.3, 0.4) is 0 Å². The molecule has 0 aliphatic rings. The molecule has 1 unspecified atom stereocenters. The molecule has 0 bridgehead atoms. The molecule has 0 saturated heterocycles. The largest absolute Gasteiger partial charge is 0.351 e. The van der Waals surface area contributed by atoms with Crippen molar-refractivity contribution in [3.63, 3.8) is 0 Å². The molecule has 0 fully saturated rings. The second-order valence-corrected chi connectivity index (χ2v) is 5.03. The second kappa shape index (κ2) is 7.69. The third-order valence-corrected chi connectivity index (χ3v) is 2.87. The summed E-state index contributed by atoms with van der Waals surface area (Å²) in [6.07, 6.45) is 0. The molecule has 0 saturated carbocycles. The van der Waals surface area contributed by atoms with Crippen LogP contribution in [-0.4, -0.2) is 11.9 Å². The van der Waals surface area contributed by atoms with E-state index in [0.29, 0.717) is 6.54 Å². The first-order valence-corrected chi connectivity index (χ1v) is 6.07. The van der Waals surface area contributed by atoms with Crippen LogP contribution in [0.25, 0.3) is 0 Å². The van der Waals surface area contributed by atoms with Crippen LogP contribution in [-0.2, 0) is 11.3 Å². The maximum atomic E-state index is 11.6. The van der Waals surface area contributed by atoms with Crippen LogP contribution >= 0.6 is 28.3 Å². The average Bonchev–Trinajstić information content (AvgIpc) is 2.24. The Morgan fingerprint density at radius 1 is 1.47 bits per heavy atom. The van der Waals surface area contributed by atoms with E-state index in [0.717, 1.165) is 10.0 Å². The molecular weight excluding hydrogens is 304 g/mol. The molecule has 1 rings (SSSR count). The van der Waals surface area contributed by atoms with Gasteiger partial charge in [-0.2, -0.15) is 0 Å². The van der Waals surface area contributed by atoms with Crippen molar-refractivity contribution in [2.24, 2.45) is 11.7 Å². The zero-order chi connectivity index (χ0) is 12.1. The SMILES string of the molecule is CC(C)C(N)C(=O)NCc1cccc(Br)c1.Cl. The van der Waals surface area contributed by atoms with Gasteiger partial charge in [-0.1, -0.05) is 41.9 Å². The van der Waals surface area contributed by atoms with Gasteiger partial charge in [0, 0.05) is 11.0 Å². The molecule has 1 amide bonds. The summed E-state index contributed by atoms with van der Waals surface area (Å²) in [7, 11) is 0. The van der Waals surface area contributed by atoms with E-state index in [4.69, 9.17) is 5.73 Å². The van der Waals surface area contributed by atoms with Crippen molar-refractivity contribution in [3.05, 3.63) is 34.3 Å². The monoisotopic (exact) mass is 320 g/mol. The molecule has 3 nitrogen and oxygen atoms in total. The van der Waals surface area contributed by atoms with Crippen LogP contribution in [0.15, 0.2) is 28.7 Å². The molecule has 3 N–H and O–H groups in total. The van der Waals surface area contributed by atoms with E-state index in [-0.39, 0.29) is 24.2 Å². The van der Waals surface area contributed by atoms with Gasteiger partial charge in [0.2, 0.25) is 5.91 Å². The van der Waals surface area contributed by atoms with Crippen molar-refractivity contribution in [3.8, 4) is 0 Å². The summed E-state index contributed by atoms with van der Waals surface area (Å²) in [6, 6.07) is 7.39. The van der Waals surface area contributed by atoms with E-state index < -0.39 is 6.04 Å². The summed E-state index contributed by atoms with van der Waals surface area (Å²) in [5, 5.41) is 2.82. The summed E-state index contributed by atoms with van der Waals surface area (Å²) in [6.45, 7) is 4.38. The number of carbonyl (C=O) groups is 1. The van der Waals surface area contributed by atoms with E-state index in [1.54, 1.807) is 0 Å². The fourth-order valence-corrected chi connectivity index (χ4v) is 1.70. The Labute approximate surface area is 117 Å². The fourth-order valence-electron chi connectivity index (χ4n) is 1.26. The predicted octanol–water partition coefficient (Wildman–Crippen LogP) is 2.47. The van der Waals surface area contributed by atoms with Crippen molar-refractivity contribution in [2.45, 2.75) is 26.4 Å². The quantitative estimate of drug-likeness (QED) is 0.895. The molecule has 0 radical (unpaired) electrons. The third-order valence-electron chi connectivity index (χ3n) is 2.38. The van der Waals surface area contributed by atoms with Crippen molar-refractivity contribution < 1.29 is 4.79 Å². The van der Waals surface area contributed by atoms with E-state index in [9.17, 15) is 4.79 Å². The van der Waals surface area contributed by atoms with Crippen LogP contribution in [0.5, 0.6) is 0 Å². The molecule has 0 spiro atoms. The van der Waals surface area contributed by atoms with E-state index in [1.807, 2.05) is 38.1 Å². The average molecular weight is 322 g/mol. The molecular formula is C12H18BrClN2O. The molecule has 0 aromatic heterocycles. The number of rotatable bonds is 4. The number of amides is 1. The van der Waals surface area contributed by atoms with E-state index in [1.165, 1.54) is 0 Å². The lowest BCUT2D eigenvalue weighted by Crippen LogP contribution is -2.43. The summed E-state index contributed by atoms with van der Waals surface area (Å²) < 4.78 is 1.01. The number of benzene rings is 1. The molecule has 17 heavy (non-hydrogen) atoms. The number of halogens is 2. The zero-order valence-electron chi connectivity index (χ0n) is 9.94. The molecule has 0 heterocycles. The maximum Gasteiger partial charge on any atom is 0.237 e. The standard InChI is InChI=1S/C12H17BrN2O.ClH/c1-8(2)11(14)12(16)15-7-9-4-3-5-10(13)6-9;/h3-6,8,11H,7,14H2,1-2H3,(H,15,16);1H. The van der Waals surface area contributed by atoms with Gasteiger partial charge in [-0.3, -0.25) is 4.79 Å². The van der Waals surface area contributed by atoms with Crippen molar-refractivity contribution in [2.75, 3.05) is 0 Å². The minimum absolute atomic E-state index is 0. The number of hydrogen-bond donors (Lipinski definition) is 2. The number of nitrogens with one attached hydrogen (secondary N) is 1. The molecule has 0 aliphatic heterocycles. The lowest BCUT2D eigenvalue weighted by molar-refractivity contribution is -0.123. The highest BCUT2D eigenvalue weighted by atomic mass is 79.9. The van der Waals surface area contributed by atoms with Crippen LogP contribution < -0.4 is 11.1 Å². The normalized spacial score (nSPS) is 11.8. The predicted molar refractivity (Wildman–Crippen MR) is 76.1 cm³/mol. The number of hydrogen-bond acceptors (Lipinski definition) is 2. The smallest absolute Gasteiger partial charge is 0.237 e. The van der Waals surface area contributed by atoms with Crippen LogP contribution in [0.2, 0.25) is 0 Å². The van der Waals surface area contributed by atoms with Crippen LogP contribution in [0.4, 0.5) is 0 Å². The first-order valence-electron chi connectivity index (χ1n) is 5.28. The molecule has 96 valence electrons. The summed E-state index contributed by atoms with van der Waals surface area (Å²) in [4.78, 5) is 11.6. The first kappa shape index (κ1) is 16.4. The molecule has 1 aromatic rings. The second-order valence-electron chi connectivity index (χ2n) is 4.12. The molecule has 5 heteroatoms. The summed E-state index contributed by atoms with van der Waals surface area (Å²) in [5.41, 5.74) is 6.79. The Kier molecular flexibility index (Phi) is 7.43. The van der Waals surface area contributed by atoms with Crippen LogP contribution in [0.1, 0.15) is 19.4 Å². The molecule has 0 aliphatic carbocycles. The lowest BCUT2D eigenvalue weighted by atomic mass is 10.0. The lowest BCUT2D eigenvalue weighted by Gasteiger charge is -2.15. The van der Waals surface area contributed by atoms with Gasteiger partial charge in [-0.25, -0.2) is 0 Å². The maximum absolute atomic E-state index is 11.6. The summed E-state index contributed by atoms with van der Waals surface area (Å²) >= 11 is 3.38. The van der Waals surface area contributed by atoms with Crippen molar-refractivity contribution >= 4 is 34.2 Å². The number of carbonyl (C=O) groups excluding carboxylic acids is 1. The minimum atomic E-state index is -0.438. The first-order chi connectivity index (χ1) is 7.50.